The van der Waals surface area contributed by atoms with E-state index in [2.05, 4.69) is 25.6 Å². The molecule has 6 nitrogen and oxygen atoms in total. The van der Waals surface area contributed by atoms with E-state index in [9.17, 15) is 4.79 Å². The molecule has 0 radical (unpaired) electrons. The van der Waals surface area contributed by atoms with Crippen molar-refractivity contribution in [3.05, 3.63) is 48.5 Å². The molecule has 0 spiro atoms. The zero-order valence-corrected chi connectivity index (χ0v) is 10.4. The fraction of sp³-hybridized carbons (Fsp3) is 0.231. The van der Waals surface area contributed by atoms with Crippen LogP contribution in [0.25, 0.3) is 0 Å². The van der Waals surface area contributed by atoms with Crippen LogP contribution in [0.1, 0.15) is 12.1 Å². The normalized spacial score (nSPS) is 9.89. The first-order chi connectivity index (χ1) is 9.34. The Hall–Kier alpha value is -2.50. The fourth-order valence-corrected chi connectivity index (χ4v) is 1.46. The van der Waals surface area contributed by atoms with Crippen LogP contribution in [0.3, 0.4) is 0 Å². The molecule has 2 aromatic rings. The molecule has 2 N–H and O–H groups in total. The average Bonchev–Trinajstić information content (AvgIpc) is 2.47. The third-order valence-electron chi connectivity index (χ3n) is 2.39. The summed E-state index contributed by atoms with van der Waals surface area (Å²) >= 11 is 0. The van der Waals surface area contributed by atoms with Crippen molar-refractivity contribution in [3.8, 4) is 0 Å². The van der Waals surface area contributed by atoms with E-state index >= 15 is 0 Å². The van der Waals surface area contributed by atoms with Gasteiger partial charge in [-0.25, -0.2) is 9.97 Å². The largest absolute Gasteiger partial charge is 0.354 e. The van der Waals surface area contributed by atoms with Crippen LogP contribution in [0, 0.1) is 0 Å². The Morgan fingerprint density at radius 1 is 1.05 bits per heavy atom. The Morgan fingerprint density at radius 2 is 1.84 bits per heavy atom. The third kappa shape index (κ3) is 4.71. The van der Waals surface area contributed by atoms with Crippen LogP contribution in [0.5, 0.6) is 0 Å². The van der Waals surface area contributed by atoms with Gasteiger partial charge in [0.15, 0.2) is 0 Å². The summed E-state index contributed by atoms with van der Waals surface area (Å²) in [5, 5.41) is 5.78. The highest BCUT2D eigenvalue weighted by Gasteiger charge is 2.02. The van der Waals surface area contributed by atoms with Gasteiger partial charge in [-0.2, -0.15) is 0 Å². The SMILES string of the molecule is O=C(CCNc1ncccn1)NCc1ccccn1. The Morgan fingerprint density at radius 3 is 2.58 bits per heavy atom. The van der Waals surface area contributed by atoms with Gasteiger partial charge in [-0.05, 0) is 18.2 Å². The first-order valence-corrected chi connectivity index (χ1v) is 6.02. The maximum absolute atomic E-state index is 11.6. The highest BCUT2D eigenvalue weighted by molar-refractivity contribution is 5.76. The molecule has 0 fully saturated rings. The van der Waals surface area contributed by atoms with Crippen LogP contribution < -0.4 is 10.6 Å². The minimum atomic E-state index is -0.0333. The molecule has 0 aliphatic rings. The van der Waals surface area contributed by atoms with E-state index in [1.165, 1.54) is 0 Å². The lowest BCUT2D eigenvalue weighted by Gasteiger charge is -2.05. The Bertz CT molecular complexity index is 503. The molecule has 98 valence electrons. The molecule has 0 aliphatic carbocycles. The van der Waals surface area contributed by atoms with Gasteiger partial charge in [-0.3, -0.25) is 9.78 Å². The Labute approximate surface area is 111 Å². The number of pyridine rings is 1. The standard InChI is InChI=1S/C13H15N5O/c19-12(18-10-11-4-1-2-6-14-11)5-9-17-13-15-7-3-8-16-13/h1-4,6-8H,5,9-10H2,(H,18,19)(H,15,16,17). The molecule has 0 saturated heterocycles. The number of nitrogens with zero attached hydrogens (tertiary/aromatic N) is 3. The highest BCUT2D eigenvalue weighted by Crippen LogP contribution is 1.95. The summed E-state index contributed by atoms with van der Waals surface area (Å²) in [6.45, 7) is 0.944. The summed E-state index contributed by atoms with van der Waals surface area (Å²) in [5.74, 6) is 0.495. The van der Waals surface area contributed by atoms with Crippen molar-refractivity contribution >= 4 is 11.9 Å². The fourth-order valence-electron chi connectivity index (χ4n) is 1.46. The first-order valence-electron chi connectivity index (χ1n) is 6.02. The van der Waals surface area contributed by atoms with Gasteiger partial charge >= 0.3 is 0 Å². The summed E-state index contributed by atoms with van der Waals surface area (Å²) in [6.07, 6.45) is 5.37. The summed E-state index contributed by atoms with van der Waals surface area (Å²) < 4.78 is 0. The predicted octanol–water partition coefficient (Wildman–Crippen LogP) is 0.990. The quantitative estimate of drug-likeness (QED) is 0.806. The molecule has 0 atom stereocenters. The number of carbonyl (C=O) groups excluding carboxylic acids is 1. The maximum atomic E-state index is 11.6. The number of aromatic nitrogens is 3. The van der Waals surface area contributed by atoms with Crippen LogP contribution >= 0.6 is 0 Å². The first kappa shape index (κ1) is 12.9. The van der Waals surface area contributed by atoms with Crippen LogP contribution in [0.15, 0.2) is 42.9 Å². The molecule has 0 saturated carbocycles. The molecule has 0 bridgehead atoms. The lowest BCUT2D eigenvalue weighted by atomic mass is 10.3. The predicted molar refractivity (Wildman–Crippen MR) is 71.2 cm³/mol. The molecular weight excluding hydrogens is 242 g/mol. The smallest absolute Gasteiger partial charge is 0.222 e. The van der Waals surface area contributed by atoms with Crippen molar-refractivity contribution < 1.29 is 4.79 Å². The second-order valence-electron chi connectivity index (χ2n) is 3.85. The van der Waals surface area contributed by atoms with Crippen LogP contribution in [-0.2, 0) is 11.3 Å². The zero-order chi connectivity index (χ0) is 13.3. The van der Waals surface area contributed by atoms with Crippen molar-refractivity contribution in [3.63, 3.8) is 0 Å². The Balaban J connectivity index is 1.65. The number of amides is 1. The molecule has 1 amide bonds. The van der Waals surface area contributed by atoms with Crippen molar-refractivity contribution in [2.24, 2.45) is 0 Å². The second kappa shape index (κ2) is 7.05. The summed E-state index contributed by atoms with van der Waals surface area (Å²) in [4.78, 5) is 23.7. The molecule has 2 heterocycles. The molecule has 0 aliphatic heterocycles. The van der Waals surface area contributed by atoms with Gasteiger partial charge in [-0.1, -0.05) is 6.07 Å². The lowest BCUT2D eigenvalue weighted by molar-refractivity contribution is -0.121. The summed E-state index contributed by atoms with van der Waals surface area (Å²) in [6, 6.07) is 7.35. The zero-order valence-electron chi connectivity index (χ0n) is 10.4. The number of hydrogen-bond acceptors (Lipinski definition) is 5. The van der Waals surface area contributed by atoms with Crippen molar-refractivity contribution in [2.45, 2.75) is 13.0 Å². The van der Waals surface area contributed by atoms with Gasteiger partial charge in [-0.15, -0.1) is 0 Å². The van der Waals surface area contributed by atoms with Crippen LogP contribution in [-0.4, -0.2) is 27.4 Å². The molecule has 0 unspecified atom stereocenters. The highest BCUT2D eigenvalue weighted by atomic mass is 16.1. The maximum Gasteiger partial charge on any atom is 0.222 e. The molecule has 0 aromatic carbocycles. The minimum Gasteiger partial charge on any atom is -0.354 e. The molecule has 2 aromatic heterocycles. The van der Waals surface area contributed by atoms with E-state index in [1.54, 1.807) is 24.7 Å². The molecule has 6 heteroatoms. The number of anilines is 1. The van der Waals surface area contributed by atoms with Gasteiger partial charge < -0.3 is 10.6 Å². The third-order valence-corrected chi connectivity index (χ3v) is 2.39. The summed E-state index contributed by atoms with van der Waals surface area (Å²) in [5.41, 5.74) is 0.843. The number of hydrogen-bond donors (Lipinski definition) is 2. The van der Waals surface area contributed by atoms with Crippen molar-refractivity contribution in [1.82, 2.24) is 20.3 Å². The number of nitrogens with one attached hydrogen (secondary N) is 2. The van der Waals surface area contributed by atoms with Gasteiger partial charge in [0.25, 0.3) is 0 Å². The van der Waals surface area contributed by atoms with Crippen LogP contribution in [0.4, 0.5) is 5.95 Å². The monoisotopic (exact) mass is 257 g/mol. The topological polar surface area (TPSA) is 79.8 Å². The Kier molecular flexibility index (Phi) is 4.80. The summed E-state index contributed by atoms with van der Waals surface area (Å²) in [7, 11) is 0. The lowest BCUT2D eigenvalue weighted by Crippen LogP contribution is -2.25. The molecule has 2 rings (SSSR count). The van der Waals surface area contributed by atoms with E-state index in [0.717, 1.165) is 5.69 Å². The van der Waals surface area contributed by atoms with E-state index in [0.29, 0.717) is 25.5 Å². The minimum absolute atomic E-state index is 0.0333. The van der Waals surface area contributed by atoms with E-state index in [1.807, 2.05) is 18.2 Å². The second-order valence-corrected chi connectivity index (χ2v) is 3.85. The molecule has 19 heavy (non-hydrogen) atoms. The van der Waals surface area contributed by atoms with Gasteiger partial charge in [0.2, 0.25) is 11.9 Å². The van der Waals surface area contributed by atoms with Crippen molar-refractivity contribution in [2.75, 3.05) is 11.9 Å². The van der Waals surface area contributed by atoms with E-state index in [4.69, 9.17) is 0 Å². The van der Waals surface area contributed by atoms with E-state index in [-0.39, 0.29) is 5.91 Å². The number of rotatable bonds is 6. The van der Waals surface area contributed by atoms with Gasteiger partial charge in [0.05, 0.1) is 12.2 Å². The van der Waals surface area contributed by atoms with Crippen molar-refractivity contribution in [1.29, 1.82) is 0 Å². The van der Waals surface area contributed by atoms with Crippen LogP contribution in [0.2, 0.25) is 0 Å². The van der Waals surface area contributed by atoms with E-state index < -0.39 is 0 Å². The average molecular weight is 257 g/mol. The molecular formula is C13H15N5O. The van der Waals surface area contributed by atoms with Gasteiger partial charge in [0, 0.05) is 31.6 Å². The number of carbonyl (C=O) groups is 1. The van der Waals surface area contributed by atoms with Gasteiger partial charge in [0.1, 0.15) is 0 Å².